The summed E-state index contributed by atoms with van der Waals surface area (Å²) in [7, 11) is 0. The average Bonchev–Trinajstić information content (AvgIpc) is 2.31. The number of aliphatic carboxylic acids is 1. The van der Waals surface area contributed by atoms with Crippen LogP contribution in [0.1, 0.15) is 26.2 Å². The normalized spacial score (nSPS) is 11.2. The van der Waals surface area contributed by atoms with Gasteiger partial charge in [-0.25, -0.2) is 4.79 Å². The molecule has 0 amide bonds. The highest BCUT2D eigenvalue weighted by Crippen LogP contribution is 1.96. The fourth-order valence-corrected chi connectivity index (χ4v) is 1.04. The van der Waals surface area contributed by atoms with Gasteiger partial charge < -0.3 is 14.6 Å². The van der Waals surface area contributed by atoms with Gasteiger partial charge in [-0.2, -0.15) is 5.26 Å². The van der Waals surface area contributed by atoms with Gasteiger partial charge in [0.2, 0.25) is 0 Å². The average molecular weight is 241 g/mol. The van der Waals surface area contributed by atoms with Crippen LogP contribution < -0.4 is 0 Å². The third kappa shape index (κ3) is 9.54. The van der Waals surface area contributed by atoms with Crippen LogP contribution in [0.2, 0.25) is 0 Å². The number of hydrogen-bond acceptors (Lipinski definition) is 4. The van der Waals surface area contributed by atoms with E-state index in [1.54, 1.807) is 6.07 Å². The highest BCUT2D eigenvalue weighted by molar-refractivity contribution is 5.90. The Bertz CT molecular complexity index is 281. The van der Waals surface area contributed by atoms with Crippen LogP contribution in [0.15, 0.2) is 11.6 Å². The van der Waals surface area contributed by atoms with Crippen molar-refractivity contribution in [2.75, 3.05) is 26.4 Å². The van der Waals surface area contributed by atoms with Crippen molar-refractivity contribution in [2.24, 2.45) is 0 Å². The molecule has 0 saturated heterocycles. The van der Waals surface area contributed by atoms with Gasteiger partial charge in [-0.05, 0) is 12.8 Å². The third-order valence-electron chi connectivity index (χ3n) is 1.98. The van der Waals surface area contributed by atoms with Crippen LogP contribution in [0.4, 0.5) is 0 Å². The molecule has 0 aliphatic rings. The molecule has 0 heterocycles. The van der Waals surface area contributed by atoms with Gasteiger partial charge in [0.1, 0.15) is 11.6 Å². The standard InChI is InChI=1S/C12H19NO4/c1-2-3-6-16-8-9-17-7-4-5-11(10-13)12(14)15/h5H,2-4,6-9H2,1H3,(H,14,15). The molecule has 0 aliphatic carbocycles. The molecule has 5 heteroatoms. The second-order valence-electron chi connectivity index (χ2n) is 3.40. The number of carbonyl (C=O) groups is 1. The minimum Gasteiger partial charge on any atom is -0.477 e. The highest BCUT2D eigenvalue weighted by atomic mass is 16.5. The Morgan fingerprint density at radius 2 is 1.94 bits per heavy atom. The van der Waals surface area contributed by atoms with Crippen LogP contribution in [-0.2, 0) is 14.3 Å². The van der Waals surface area contributed by atoms with Crippen molar-refractivity contribution in [3.8, 4) is 6.07 Å². The van der Waals surface area contributed by atoms with Gasteiger partial charge in [0.15, 0.2) is 0 Å². The second-order valence-corrected chi connectivity index (χ2v) is 3.40. The number of nitriles is 1. The molecule has 0 spiro atoms. The van der Waals surface area contributed by atoms with Gasteiger partial charge in [0.25, 0.3) is 0 Å². The van der Waals surface area contributed by atoms with Gasteiger partial charge in [0.05, 0.1) is 19.8 Å². The molecular weight excluding hydrogens is 222 g/mol. The van der Waals surface area contributed by atoms with E-state index < -0.39 is 5.97 Å². The summed E-state index contributed by atoms with van der Waals surface area (Å²) in [5.41, 5.74) is -0.243. The lowest BCUT2D eigenvalue weighted by Gasteiger charge is -2.03. The summed E-state index contributed by atoms with van der Waals surface area (Å²) in [5.74, 6) is -1.20. The van der Waals surface area contributed by atoms with Crippen LogP contribution >= 0.6 is 0 Å². The Hall–Kier alpha value is -1.38. The van der Waals surface area contributed by atoms with Crippen molar-refractivity contribution < 1.29 is 19.4 Å². The summed E-state index contributed by atoms with van der Waals surface area (Å²) in [6.45, 7) is 4.29. The zero-order valence-corrected chi connectivity index (χ0v) is 10.1. The van der Waals surface area contributed by atoms with Gasteiger partial charge >= 0.3 is 5.97 Å². The zero-order chi connectivity index (χ0) is 12.9. The number of carboxylic acid groups (broad SMARTS) is 1. The van der Waals surface area contributed by atoms with Crippen LogP contribution in [-0.4, -0.2) is 37.5 Å². The molecule has 0 rings (SSSR count). The van der Waals surface area contributed by atoms with Crippen LogP contribution in [0.25, 0.3) is 0 Å². The minimum atomic E-state index is -1.20. The zero-order valence-electron chi connectivity index (χ0n) is 10.1. The third-order valence-corrected chi connectivity index (χ3v) is 1.98. The first kappa shape index (κ1) is 15.6. The van der Waals surface area contributed by atoms with E-state index in [0.717, 1.165) is 19.4 Å². The first-order valence-corrected chi connectivity index (χ1v) is 5.71. The Labute approximate surface area is 102 Å². The molecule has 17 heavy (non-hydrogen) atoms. The lowest BCUT2D eigenvalue weighted by atomic mass is 10.2. The fourth-order valence-electron chi connectivity index (χ4n) is 1.04. The molecule has 0 bridgehead atoms. The molecule has 0 unspecified atom stereocenters. The Morgan fingerprint density at radius 1 is 1.29 bits per heavy atom. The van der Waals surface area contributed by atoms with E-state index in [0.29, 0.717) is 26.2 Å². The lowest BCUT2D eigenvalue weighted by molar-refractivity contribution is -0.132. The SMILES string of the molecule is CCCCOCCOCCC=C(C#N)C(=O)O. The van der Waals surface area contributed by atoms with E-state index in [1.165, 1.54) is 6.08 Å². The molecule has 0 atom stereocenters. The van der Waals surface area contributed by atoms with E-state index in [4.69, 9.17) is 19.8 Å². The van der Waals surface area contributed by atoms with Gasteiger partial charge in [-0.3, -0.25) is 0 Å². The molecule has 0 aromatic carbocycles. The van der Waals surface area contributed by atoms with Crippen molar-refractivity contribution in [1.82, 2.24) is 0 Å². The van der Waals surface area contributed by atoms with E-state index in [1.807, 2.05) is 0 Å². The Kier molecular flexibility index (Phi) is 10.2. The molecule has 0 fully saturated rings. The first-order valence-electron chi connectivity index (χ1n) is 5.71. The Morgan fingerprint density at radius 3 is 2.47 bits per heavy atom. The molecular formula is C12H19NO4. The summed E-state index contributed by atoms with van der Waals surface area (Å²) in [6, 6.07) is 1.61. The van der Waals surface area contributed by atoms with Crippen LogP contribution in [0, 0.1) is 11.3 Å². The number of nitrogens with zero attached hydrogens (tertiary/aromatic N) is 1. The van der Waals surface area contributed by atoms with Gasteiger partial charge in [-0.15, -0.1) is 0 Å². The number of unbranched alkanes of at least 4 members (excludes halogenated alkanes) is 1. The lowest BCUT2D eigenvalue weighted by Crippen LogP contribution is -2.06. The topological polar surface area (TPSA) is 79.5 Å². The fraction of sp³-hybridized carbons (Fsp3) is 0.667. The molecule has 1 N–H and O–H groups in total. The van der Waals surface area contributed by atoms with Gasteiger partial charge in [-0.1, -0.05) is 19.4 Å². The van der Waals surface area contributed by atoms with Crippen molar-refractivity contribution in [1.29, 1.82) is 5.26 Å². The number of rotatable bonds is 10. The maximum absolute atomic E-state index is 10.4. The molecule has 0 radical (unpaired) electrons. The summed E-state index contributed by atoms with van der Waals surface area (Å²) in [5, 5.41) is 17.0. The molecule has 0 saturated carbocycles. The molecule has 96 valence electrons. The maximum Gasteiger partial charge on any atom is 0.346 e. The number of ether oxygens (including phenoxy) is 2. The van der Waals surface area contributed by atoms with Crippen molar-refractivity contribution in [3.05, 3.63) is 11.6 Å². The minimum absolute atomic E-state index is 0.243. The molecule has 0 aromatic rings. The van der Waals surface area contributed by atoms with Crippen LogP contribution in [0.5, 0.6) is 0 Å². The number of hydrogen-bond donors (Lipinski definition) is 1. The quantitative estimate of drug-likeness (QED) is 0.358. The first-order chi connectivity index (χ1) is 8.22. The summed E-state index contributed by atoms with van der Waals surface area (Å²) < 4.78 is 10.5. The van der Waals surface area contributed by atoms with Crippen molar-refractivity contribution >= 4 is 5.97 Å². The van der Waals surface area contributed by atoms with Crippen molar-refractivity contribution in [2.45, 2.75) is 26.2 Å². The second kappa shape index (κ2) is 11.1. The monoisotopic (exact) mass is 241 g/mol. The predicted molar refractivity (Wildman–Crippen MR) is 62.5 cm³/mol. The molecule has 0 aliphatic heterocycles. The largest absolute Gasteiger partial charge is 0.477 e. The smallest absolute Gasteiger partial charge is 0.346 e. The van der Waals surface area contributed by atoms with E-state index in [2.05, 4.69) is 6.92 Å². The van der Waals surface area contributed by atoms with E-state index >= 15 is 0 Å². The highest BCUT2D eigenvalue weighted by Gasteiger charge is 2.03. The van der Waals surface area contributed by atoms with E-state index in [9.17, 15) is 4.79 Å². The van der Waals surface area contributed by atoms with E-state index in [-0.39, 0.29) is 5.57 Å². The van der Waals surface area contributed by atoms with Crippen LogP contribution in [0.3, 0.4) is 0 Å². The summed E-state index contributed by atoms with van der Waals surface area (Å²) in [6.07, 6.45) is 3.94. The Balaban J connectivity index is 3.40. The van der Waals surface area contributed by atoms with Crippen molar-refractivity contribution in [3.63, 3.8) is 0 Å². The summed E-state index contributed by atoms with van der Waals surface area (Å²) in [4.78, 5) is 10.4. The maximum atomic E-state index is 10.4. The molecule has 0 aromatic heterocycles. The predicted octanol–water partition coefficient (Wildman–Crippen LogP) is 1.74. The van der Waals surface area contributed by atoms with Gasteiger partial charge in [0, 0.05) is 6.61 Å². The summed E-state index contributed by atoms with van der Waals surface area (Å²) >= 11 is 0. The molecule has 5 nitrogen and oxygen atoms in total. The number of carboxylic acids is 1.